The van der Waals surface area contributed by atoms with E-state index in [0.717, 1.165) is 16.7 Å². The third-order valence-corrected chi connectivity index (χ3v) is 4.00. The maximum atomic E-state index is 12.2. The van der Waals surface area contributed by atoms with Gasteiger partial charge in [0.1, 0.15) is 11.5 Å². The van der Waals surface area contributed by atoms with Gasteiger partial charge in [-0.1, -0.05) is 23.8 Å². The Morgan fingerprint density at radius 1 is 1.08 bits per heavy atom. The minimum atomic E-state index is -0.154. The van der Waals surface area contributed by atoms with Crippen molar-refractivity contribution in [2.75, 3.05) is 14.2 Å². The predicted molar refractivity (Wildman–Crippen MR) is 99.5 cm³/mol. The first-order chi connectivity index (χ1) is 11.9. The van der Waals surface area contributed by atoms with Gasteiger partial charge in [-0.25, -0.2) is 5.43 Å². The van der Waals surface area contributed by atoms with Crippen LogP contribution in [0.2, 0.25) is 0 Å². The molecule has 132 valence electrons. The fourth-order valence-electron chi connectivity index (χ4n) is 2.56. The van der Waals surface area contributed by atoms with Crippen LogP contribution < -0.4 is 14.9 Å². The van der Waals surface area contributed by atoms with E-state index in [1.54, 1.807) is 20.3 Å². The summed E-state index contributed by atoms with van der Waals surface area (Å²) in [5.41, 5.74) is 7.36. The van der Waals surface area contributed by atoms with Crippen molar-refractivity contribution in [3.63, 3.8) is 0 Å². The molecule has 1 N–H and O–H groups in total. The lowest BCUT2D eigenvalue weighted by Crippen LogP contribution is -2.21. The maximum absolute atomic E-state index is 12.2. The van der Waals surface area contributed by atoms with Crippen LogP contribution >= 0.6 is 0 Å². The molecule has 0 fully saturated rings. The number of nitrogens with one attached hydrogen (secondary N) is 1. The fourth-order valence-corrected chi connectivity index (χ4v) is 2.56. The summed E-state index contributed by atoms with van der Waals surface area (Å²) < 4.78 is 10.6. The molecule has 0 aliphatic heterocycles. The number of methoxy groups -OCH3 is 2. The van der Waals surface area contributed by atoms with Gasteiger partial charge in [0.05, 0.1) is 26.4 Å². The lowest BCUT2D eigenvalue weighted by Gasteiger charge is -2.10. The van der Waals surface area contributed by atoms with Crippen molar-refractivity contribution in [2.45, 2.75) is 27.2 Å². The van der Waals surface area contributed by atoms with Crippen molar-refractivity contribution in [1.82, 2.24) is 5.43 Å². The summed E-state index contributed by atoms with van der Waals surface area (Å²) in [5.74, 6) is 1.19. The number of hydrogen-bond acceptors (Lipinski definition) is 4. The quantitative estimate of drug-likeness (QED) is 0.647. The average molecular weight is 340 g/mol. The van der Waals surface area contributed by atoms with Crippen LogP contribution in [0.4, 0.5) is 0 Å². The van der Waals surface area contributed by atoms with Gasteiger partial charge in [0.15, 0.2) is 0 Å². The largest absolute Gasteiger partial charge is 0.497 e. The smallest absolute Gasteiger partial charge is 0.244 e. The van der Waals surface area contributed by atoms with Crippen LogP contribution in [0.15, 0.2) is 41.5 Å². The highest BCUT2D eigenvalue weighted by atomic mass is 16.5. The van der Waals surface area contributed by atoms with E-state index in [-0.39, 0.29) is 5.91 Å². The van der Waals surface area contributed by atoms with Gasteiger partial charge in [-0.05, 0) is 44.0 Å². The van der Waals surface area contributed by atoms with Crippen molar-refractivity contribution in [3.05, 3.63) is 58.7 Å². The van der Waals surface area contributed by atoms with Crippen molar-refractivity contribution >= 4 is 11.6 Å². The number of hydrazone groups is 1. The van der Waals surface area contributed by atoms with Gasteiger partial charge in [0.25, 0.3) is 0 Å². The molecule has 0 saturated heterocycles. The summed E-state index contributed by atoms with van der Waals surface area (Å²) in [4.78, 5) is 12.2. The Labute approximate surface area is 148 Å². The third kappa shape index (κ3) is 4.83. The topological polar surface area (TPSA) is 59.9 Å². The molecule has 0 saturated carbocycles. The number of benzene rings is 2. The molecule has 0 atom stereocenters. The molecule has 25 heavy (non-hydrogen) atoms. The Hall–Kier alpha value is -2.82. The van der Waals surface area contributed by atoms with Crippen molar-refractivity contribution < 1.29 is 14.3 Å². The van der Waals surface area contributed by atoms with Gasteiger partial charge in [-0.3, -0.25) is 4.79 Å². The second kappa shape index (κ2) is 8.33. The molecular weight excluding hydrogens is 316 g/mol. The van der Waals surface area contributed by atoms with Crippen molar-refractivity contribution in [2.24, 2.45) is 5.10 Å². The highest BCUT2D eigenvalue weighted by Crippen LogP contribution is 2.25. The van der Waals surface area contributed by atoms with E-state index >= 15 is 0 Å². The van der Waals surface area contributed by atoms with E-state index in [1.807, 2.05) is 45.0 Å². The Bertz CT molecular complexity index is 798. The van der Waals surface area contributed by atoms with Crippen LogP contribution in [0.3, 0.4) is 0 Å². The molecule has 0 spiro atoms. The van der Waals surface area contributed by atoms with Crippen molar-refractivity contribution in [1.29, 1.82) is 0 Å². The van der Waals surface area contributed by atoms with Gasteiger partial charge < -0.3 is 9.47 Å². The average Bonchev–Trinajstić information content (AvgIpc) is 2.61. The molecule has 0 aliphatic carbocycles. The van der Waals surface area contributed by atoms with Crippen LogP contribution in [0, 0.1) is 13.8 Å². The zero-order chi connectivity index (χ0) is 18.4. The molecule has 5 heteroatoms. The van der Waals surface area contributed by atoms with Crippen molar-refractivity contribution in [3.8, 4) is 11.5 Å². The lowest BCUT2D eigenvalue weighted by atomic mass is 10.0. The minimum absolute atomic E-state index is 0.154. The molecule has 2 aromatic carbocycles. The normalized spacial score (nSPS) is 11.2. The summed E-state index contributed by atoms with van der Waals surface area (Å²) in [6.45, 7) is 5.86. The second-order valence-corrected chi connectivity index (χ2v) is 5.91. The first kappa shape index (κ1) is 18.5. The number of ether oxygens (including phenoxy) is 2. The van der Waals surface area contributed by atoms with Gasteiger partial charge in [-0.2, -0.15) is 5.10 Å². The summed E-state index contributed by atoms with van der Waals surface area (Å²) in [7, 11) is 3.19. The number of carbonyl (C=O) groups excluding carboxylic acids is 1. The van der Waals surface area contributed by atoms with E-state index in [9.17, 15) is 4.79 Å². The second-order valence-electron chi connectivity index (χ2n) is 5.91. The highest BCUT2D eigenvalue weighted by Gasteiger charge is 2.10. The first-order valence-corrected chi connectivity index (χ1v) is 8.06. The van der Waals surface area contributed by atoms with E-state index < -0.39 is 0 Å². The molecule has 0 unspecified atom stereocenters. The van der Waals surface area contributed by atoms with Crippen LogP contribution in [0.5, 0.6) is 11.5 Å². The van der Waals surface area contributed by atoms with Gasteiger partial charge in [-0.15, -0.1) is 0 Å². The molecule has 0 aromatic heterocycles. The standard InChI is InChI=1S/C20H24N2O3/c1-13-6-7-16(14(2)10-13)11-20(23)22-21-15(3)18-9-8-17(24-4)12-19(18)25-5/h6-10,12H,11H2,1-5H3,(H,22,23)/b21-15-. The Morgan fingerprint density at radius 3 is 2.48 bits per heavy atom. The van der Waals surface area contributed by atoms with Gasteiger partial charge in [0, 0.05) is 11.6 Å². The Balaban J connectivity index is 2.09. The van der Waals surface area contributed by atoms with Crippen LogP contribution in [-0.2, 0) is 11.2 Å². The maximum Gasteiger partial charge on any atom is 0.244 e. The number of aryl methyl sites for hydroxylation is 2. The number of carbonyl (C=O) groups is 1. The molecule has 0 heterocycles. The molecule has 2 aromatic rings. The summed E-state index contributed by atoms with van der Waals surface area (Å²) in [6.07, 6.45) is 0.294. The van der Waals surface area contributed by atoms with E-state index in [4.69, 9.17) is 9.47 Å². The Kier molecular flexibility index (Phi) is 6.17. The zero-order valence-corrected chi connectivity index (χ0v) is 15.3. The molecule has 0 bridgehead atoms. The molecule has 1 amide bonds. The van der Waals surface area contributed by atoms with E-state index in [0.29, 0.717) is 23.6 Å². The summed E-state index contributed by atoms with van der Waals surface area (Å²) in [6, 6.07) is 11.5. The third-order valence-electron chi connectivity index (χ3n) is 4.00. The number of hydrogen-bond donors (Lipinski definition) is 1. The highest BCUT2D eigenvalue weighted by molar-refractivity contribution is 6.01. The Morgan fingerprint density at radius 2 is 1.84 bits per heavy atom. The summed E-state index contributed by atoms with van der Waals surface area (Å²) in [5, 5.41) is 4.20. The first-order valence-electron chi connectivity index (χ1n) is 8.06. The minimum Gasteiger partial charge on any atom is -0.497 e. The van der Waals surface area contributed by atoms with Gasteiger partial charge in [0.2, 0.25) is 5.91 Å². The molecule has 5 nitrogen and oxygen atoms in total. The lowest BCUT2D eigenvalue weighted by molar-refractivity contribution is -0.120. The van der Waals surface area contributed by atoms with Gasteiger partial charge >= 0.3 is 0 Å². The summed E-state index contributed by atoms with van der Waals surface area (Å²) >= 11 is 0. The van der Waals surface area contributed by atoms with Crippen LogP contribution in [0.1, 0.15) is 29.2 Å². The fraction of sp³-hybridized carbons (Fsp3) is 0.300. The SMILES string of the molecule is COc1ccc(/C(C)=N\NC(=O)Cc2ccc(C)cc2C)c(OC)c1. The zero-order valence-electron chi connectivity index (χ0n) is 15.3. The molecule has 2 rings (SSSR count). The van der Waals surface area contributed by atoms with Crippen LogP contribution in [-0.4, -0.2) is 25.8 Å². The number of rotatable bonds is 6. The monoisotopic (exact) mass is 340 g/mol. The molecular formula is C20H24N2O3. The predicted octanol–water partition coefficient (Wildman–Crippen LogP) is 3.40. The number of amides is 1. The van der Waals surface area contributed by atoms with E-state index in [2.05, 4.69) is 16.6 Å². The molecule has 0 aliphatic rings. The van der Waals surface area contributed by atoms with E-state index in [1.165, 1.54) is 5.56 Å². The molecule has 0 radical (unpaired) electrons. The number of nitrogens with zero attached hydrogens (tertiary/aromatic N) is 1. The van der Waals surface area contributed by atoms with Crippen LogP contribution in [0.25, 0.3) is 0 Å².